The average molecular weight is 317 g/mol. The van der Waals surface area contributed by atoms with Crippen molar-refractivity contribution in [2.45, 2.75) is 19.5 Å². The molecule has 0 aliphatic carbocycles. The van der Waals surface area contributed by atoms with Crippen LogP contribution in [0.4, 0.5) is 0 Å². The van der Waals surface area contributed by atoms with Gasteiger partial charge in [-0.15, -0.1) is 0 Å². The first-order chi connectivity index (χ1) is 11.7. The van der Waals surface area contributed by atoms with Crippen molar-refractivity contribution in [2.75, 3.05) is 0 Å². The van der Waals surface area contributed by atoms with Gasteiger partial charge >= 0.3 is 0 Å². The lowest BCUT2D eigenvalue weighted by Gasteiger charge is -2.16. The van der Waals surface area contributed by atoms with E-state index in [0.717, 1.165) is 16.8 Å². The summed E-state index contributed by atoms with van der Waals surface area (Å²) < 4.78 is 1.86. The van der Waals surface area contributed by atoms with Crippen molar-refractivity contribution in [3.63, 3.8) is 0 Å². The molecule has 4 heteroatoms. The van der Waals surface area contributed by atoms with Crippen LogP contribution in [0.3, 0.4) is 0 Å². The summed E-state index contributed by atoms with van der Waals surface area (Å²) in [6.45, 7) is 1.33. The third kappa shape index (κ3) is 2.71. The Bertz CT molecular complexity index is 866. The van der Waals surface area contributed by atoms with Gasteiger partial charge in [0, 0.05) is 19.2 Å². The van der Waals surface area contributed by atoms with Gasteiger partial charge in [-0.3, -0.25) is 9.48 Å². The summed E-state index contributed by atoms with van der Waals surface area (Å²) in [4.78, 5) is 14.4. The highest BCUT2D eigenvalue weighted by Gasteiger charge is 2.26. The fourth-order valence-electron chi connectivity index (χ4n) is 3.20. The maximum Gasteiger partial charge on any atom is 0.227 e. The second-order valence-corrected chi connectivity index (χ2v) is 6.23. The van der Waals surface area contributed by atoms with Gasteiger partial charge in [-0.1, -0.05) is 54.6 Å². The van der Waals surface area contributed by atoms with Crippen LogP contribution in [0.5, 0.6) is 0 Å². The fourth-order valence-corrected chi connectivity index (χ4v) is 3.20. The zero-order valence-corrected chi connectivity index (χ0v) is 13.6. The molecular formula is C20H19N3O. The van der Waals surface area contributed by atoms with Crippen molar-refractivity contribution in [3.8, 4) is 11.1 Å². The maximum atomic E-state index is 12.5. The van der Waals surface area contributed by atoms with Crippen LogP contribution in [0, 0.1) is 0 Å². The van der Waals surface area contributed by atoms with Crippen LogP contribution < -0.4 is 0 Å². The second-order valence-electron chi connectivity index (χ2n) is 6.23. The second kappa shape index (κ2) is 5.96. The summed E-state index contributed by atoms with van der Waals surface area (Å²) >= 11 is 0. The van der Waals surface area contributed by atoms with Crippen molar-refractivity contribution in [2.24, 2.45) is 7.05 Å². The SMILES string of the molecule is Cn1ncc2c1CN(C(=O)Cc1ccc(-c3ccccc3)cc1)C2. The molecule has 1 aliphatic heterocycles. The quantitative estimate of drug-likeness (QED) is 0.744. The van der Waals surface area contributed by atoms with E-state index in [1.54, 1.807) is 0 Å². The number of rotatable bonds is 3. The minimum atomic E-state index is 0.165. The van der Waals surface area contributed by atoms with Crippen molar-refractivity contribution < 1.29 is 4.79 Å². The predicted octanol–water partition coefficient (Wildman–Crippen LogP) is 3.17. The highest BCUT2D eigenvalue weighted by atomic mass is 16.2. The van der Waals surface area contributed by atoms with E-state index in [2.05, 4.69) is 29.4 Å². The summed E-state index contributed by atoms with van der Waals surface area (Å²) in [5.41, 5.74) is 5.71. The largest absolute Gasteiger partial charge is 0.332 e. The van der Waals surface area contributed by atoms with E-state index in [-0.39, 0.29) is 5.91 Å². The van der Waals surface area contributed by atoms with E-state index in [1.165, 1.54) is 11.1 Å². The van der Waals surface area contributed by atoms with E-state index >= 15 is 0 Å². The lowest BCUT2D eigenvalue weighted by Crippen LogP contribution is -2.27. The molecule has 0 N–H and O–H groups in total. The number of carbonyl (C=O) groups is 1. The van der Waals surface area contributed by atoms with E-state index in [1.807, 2.05) is 53.2 Å². The van der Waals surface area contributed by atoms with Crippen molar-refractivity contribution in [3.05, 3.63) is 77.6 Å². The molecule has 1 aliphatic rings. The Morgan fingerprint density at radius 1 is 1.00 bits per heavy atom. The molecule has 4 rings (SSSR count). The molecule has 0 bridgehead atoms. The van der Waals surface area contributed by atoms with Gasteiger partial charge in [-0.25, -0.2) is 0 Å². The Morgan fingerprint density at radius 3 is 2.42 bits per heavy atom. The Labute approximate surface area is 141 Å². The third-order valence-corrected chi connectivity index (χ3v) is 4.62. The van der Waals surface area contributed by atoms with Gasteiger partial charge in [0.2, 0.25) is 5.91 Å². The Balaban J connectivity index is 1.43. The molecule has 0 radical (unpaired) electrons. The molecule has 2 heterocycles. The molecule has 24 heavy (non-hydrogen) atoms. The normalized spacial score (nSPS) is 13.1. The maximum absolute atomic E-state index is 12.5. The van der Waals surface area contributed by atoms with Crippen LogP contribution in [-0.4, -0.2) is 20.6 Å². The molecule has 0 unspecified atom stereocenters. The van der Waals surface area contributed by atoms with Crippen molar-refractivity contribution in [1.29, 1.82) is 0 Å². The predicted molar refractivity (Wildman–Crippen MR) is 93.0 cm³/mol. The molecule has 120 valence electrons. The van der Waals surface area contributed by atoms with Gasteiger partial charge in [-0.05, 0) is 16.7 Å². The van der Waals surface area contributed by atoms with E-state index < -0.39 is 0 Å². The van der Waals surface area contributed by atoms with Crippen molar-refractivity contribution in [1.82, 2.24) is 14.7 Å². The number of aryl methyl sites for hydroxylation is 1. The first-order valence-corrected chi connectivity index (χ1v) is 8.12. The zero-order valence-electron chi connectivity index (χ0n) is 13.6. The first-order valence-electron chi connectivity index (χ1n) is 8.12. The number of aromatic nitrogens is 2. The van der Waals surface area contributed by atoms with Crippen molar-refractivity contribution >= 4 is 5.91 Å². The number of amides is 1. The standard InChI is InChI=1S/C20H19N3O/c1-22-19-14-23(13-18(19)12-21-22)20(24)11-15-7-9-17(10-8-15)16-5-3-2-4-6-16/h2-10,12H,11,13-14H2,1H3. The molecule has 2 aromatic carbocycles. The molecule has 3 aromatic rings. The number of benzene rings is 2. The number of fused-ring (bicyclic) bond motifs is 1. The van der Waals surface area contributed by atoms with Gasteiger partial charge in [0.25, 0.3) is 0 Å². The van der Waals surface area contributed by atoms with Gasteiger partial charge in [0.05, 0.1) is 24.9 Å². The van der Waals surface area contributed by atoms with Gasteiger partial charge in [-0.2, -0.15) is 5.10 Å². The zero-order chi connectivity index (χ0) is 16.5. The van der Waals surface area contributed by atoms with E-state index in [0.29, 0.717) is 19.5 Å². The summed E-state index contributed by atoms with van der Waals surface area (Å²) in [6, 6.07) is 18.5. The van der Waals surface area contributed by atoms with E-state index in [4.69, 9.17) is 0 Å². The number of carbonyl (C=O) groups excluding carboxylic acids is 1. The minimum Gasteiger partial charge on any atom is -0.332 e. The third-order valence-electron chi connectivity index (χ3n) is 4.62. The topological polar surface area (TPSA) is 38.1 Å². The van der Waals surface area contributed by atoms with Gasteiger partial charge < -0.3 is 4.90 Å². The molecular weight excluding hydrogens is 298 g/mol. The molecule has 0 saturated heterocycles. The van der Waals surface area contributed by atoms with Crippen LogP contribution in [0.15, 0.2) is 60.8 Å². The minimum absolute atomic E-state index is 0.165. The van der Waals surface area contributed by atoms with Gasteiger partial charge in [0.1, 0.15) is 0 Å². The average Bonchev–Trinajstić information content (AvgIpc) is 3.19. The summed E-state index contributed by atoms with van der Waals surface area (Å²) in [7, 11) is 1.93. The summed E-state index contributed by atoms with van der Waals surface area (Å²) in [5, 5.41) is 4.23. The number of hydrogen-bond acceptors (Lipinski definition) is 2. The Kier molecular flexibility index (Phi) is 3.65. The molecule has 0 spiro atoms. The first kappa shape index (κ1) is 14.7. The lowest BCUT2D eigenvalue weighted by molar-refractivity contribution is -0.131. The Morgan fingerprint density at radius 2 is 1.71 bits per heavy atom. The van der Waals surface area contributed by atoms with Crippen LogP contribution in [0.25, 0.3) is 11.1 Å². The molecule has 0 atom stereocenters. The molecule has 4 nitrogen and oxygen atoms in total. The Hall–Kier alpha value is -2.88. The van der Waals surface area contributed by atoms with Crippen LogP contribution in [0.1, 0.15) is 16.8 Å². The summed E-state index contributed by atoms with van der Waals surface area (Å²) in [5.74, 6) is 0.165. The van der Waals surface area contributed by atoms with Crippen LogP contribution in [0.2, 0.25) is 0 Å². The highest BCUT2D eigenvalue weighted by Crippen LogP contribution is 2.23. The summed E-state index contributed by atoms with van der Waals surface area (Å²) in [6.07, 6.45) is 2.30. The van der Waals surface area contributed by atoms with Gasteiger partial charge in [0.15, 0.2) is 0 Å². The van der Waals surface area contributed by atoms with Crippen LogP contribution in [-0.2, 0) is 31.4 Å². The molecule has 0 fully saturated rings. The van der Waals surface area contributed by atoms with Crippen LogP contribution >= 0.6 is 0 Å². The number of nitrogens with zero attached hydrogens (tertiary/aromatic N) is 3. The molecule has 1 aromatic heterocycles. The molecule has 0 saturated carbocycles. The molecule has 1 amide bonds. The number of hydrogen-bond donors (Lipinski definition) is 0. The fraction of sp³-hybridized carbons (Fsp3) is 0.200. The monoisotopic (exact) mass is 317 g/mol. The highest BCUT2D eigenvalue weighted by molar-refractivity contribution is 5.79. The van der Waals surface area contributed by atoms with E-state index in [9.17, 15) is 4.79 Å². The smallest absolute Gasteiger partial charge is 0.227 e. The lowest BCUT2D eigenvalue weighted by atomic mass is 10.0.